The second-order valence-electron chi connectivity index (χ2n) is 5.04. The second kappa shape index (κ2) is 6.01. The van der Waals surface area contributed by atoms with Crippen LogP contribution in [0.15, 0.2) is 18.2 Å². The van der Waals surface area contributed by atoms with Crippen LogP contribution in [0.25, 0.3) is 0 Å². The molecule has 98 valence electrons. The molecule has 1 aliphatic heterocycles. The van der Waals surface area contributed by atoms with Gasteiger partial charge in [-0.1, -0.05) is 0 Å². The quantitative estimate of drug-likeness (QED) is 0.766. The average Bonchev–Trinajstić information content (AvgIpc) is 2.40. The van der Waals surface area contributed by atoms with E-state index < -0.39 is 0 Å². The highest BCUT2D eigenvalue weighted by atomic mass is 16.5. The monoisotopic (exact) mass is 247 g/mol. The molecule has 1 aromatic carbocycles. The Hall–Kier alpha value is -1.35. The van der Waals surface area contributed by atoms with Crippen molar-refractivity contribution in [1.29, 1.82) is 0 Å². The lowest BCUT2D eigenvalue weighted by molar-refractivity contribution is 0.112. The number of carbonyl (C=O) groups excluding carboxylic acids is 1. The van der Waals surface area contributed by atoms with Crippen LogP contribution in [0.2, 0.25) is 0 Å². The molecule has 0 aliphatic carbocycles. The summed E-state index contributed by atoms with van der Waals surface area (Å²) in [5, 5.41) is 0. The first kappa shape index (κ1) is 13.1. The maximum atomic E-state index is 10.8. The third-order valence-electron chi connectivity index (χ3n) is 3.76. The number of aldehydes is 1. The van der Waals surface area contributed by atoms with Crippen molar-refractivity contribution in [2.45, 2.75) is 19.8 Å². The standard InChI is InChI=1S/C15H21NO2/c1-12-9-15(4-3-14(12)10-17)16-7-5-13(6-8-16)11-18-2/h3-4,9-10,13H,5-8,11H2,1-2H3. The predicted molar refractivity (Wildman–Crippen MR) is 73.4 cm³/mol. The molecular weight excluding hydrogens is 226 g/mol. The van der Waals surface area contributed by atoms with E-state index >= 15 is 0 Å². The van der Waals surface area contributed by atoms with Gasteiger partial charge in [-0.3, -0.25) is 4.79 Å². The Bertz CT molecular complexity index is 409. The Morgan fingerprint density at radius 3 is 2.67 bits per heavy atom. The molecule has 1 aromatic rings. The van der Waals surface area contributed by atoms with E-state index in [9.17, 15) is 4.79 Å². The molecule has 0 atom stereocenters. The van der Waals surface area contributed by atoms with Crippen molar-refractivity contribution < 1.29 is 9.53 Å². The van der Waals surface area contributed by atoms with E-state index in [1.165, 1.54) is 18.5 Å². The maximum absolute atomic E-state index is 10.8. The summed E-state index contributed by atoms with van der Waals surface area (Å²) in [6.07, 6.45) is 3.29. The minimum absolute atomic E-state index is 0.696. The minimum Gasteiger partial charge on any atom is -0.384 e. The molecule has 0 unspecified atom stereocenters. The van der Waals surface area contributed by atoms with Crippen molar-refractivity contribution >= 4 is 12.0 Å². The zero-order chi connectivity index (χ0) is 13.0. The van der Waals surface area contributed by atoms with Crippen molar-refractivity contribution in [3.8, 4) is 0 Å². The molecule has 0 spiro atoms. The molecule has 3 heteroatoms. The minimum atomic E-state index is 0.696. The van der Waals surface area contributed by atoms with E-state index in [0.717, 1.165) is 37.1 Å². The molecule has 0 amide bonds. The van der Waals surface area contributed by atoms with Crippen molar-refractivity contribution in [1.82, 2.24) is 0 Å². The van der Waals surface area contributed by atoms with Crippen LogP contribution in [0.3, 0.4) is 0 Å². The molecule has 1 fully saturated rings. The highest BCUT2D eigenvalue weighted by molar-refractivity contribution is 5.78. The van der Waals surface area contributed by atoms with Gasteiger partial charge in [-0.2, -0.15) is 0 Å². The number of hydrogen-bond donors (Lipinski definition) is 0. The van der Waals surface area contributed by atoms with Crippen molar-refractivity contribution in [2.75, 3.05) is 31.7 Å². The van der Waals surface area contributed by atoms with Crippen molar-refractivity contribution in [2.24, 2.45) is 5.92 Å². The first-order valence-corrected chi connectivity index (χ1v) is 6.54. The third-order valence-corrected chi connectivity index (χ3v) is 3.76. The van der Waals surface area contributed by atoms with Gasteiger partial charge in [0, 0.05) is 38.1 Å². The van der Waals surface area contributed by atoms with Gasteiger partial charge in [0.25, 0.3) is 0 Å². The Balaban J connectivity index is 2.01. The predicted octanol–water partition coefficient (Wildman–Crippen LogP) is 2.67. The van der Waals surface area contributed by atoms with E-state index in [4.69, 9.17) is 4.74 Å². The van der Waals surface area contributed by atoms with Gasteiger partial charge in [0.05, 0.1) is 0 Å². The SMILES string of the molecule is COCC1CCN(c2ccc(C=O)c(C)c2)CC1. The highest BCUT2D eigenvalue weighted by Gasteiger charge is 2.19. The normalized spacial score (nSPS) is 16.9. The maximum Gasteiger partial charge on any atom is 0.150 e. The molecule has 0 N–H and O–H groups in total. The molecule has 1 saturated heterocycles. The van der Waals surface area contributed by atoms with Crippen LogP contribution in [-0.4, -0.2) is 33.1 Å². The molecule has 2 rings (SSSR count). The van der Waals surface area contributed by atoms with Crippen LogP contribution in [0.4, 0.5) is 5.69 Å². The Kier molecular flexibility index (Phi) is 4.37. The van der Waals surface area contributed by atoms with Crippen LogP contribution in [0.1, 0.15) is 28.8 Å². The van der Waals surface area contributed by atoms with E-state index in [-0.39, 0.29) is 0 Å². The van der Waals surface area contributed by atoms with Gasteiger partial charge >= 0.3 is 0 Å². The number of benzene rings is 1. The molecular formula is C15H21NO2. The van der Waals surface area contributed by atoms with Crippen LogP contribution in [0.5, 0.6) is 0 Å². The van der Waals surface area contributed by atoms with Crippen LogP contribution in [0, 0.1) is 12.8 Å². The number of anilines is 1. The topological polar surface area (TPSA) is 29.5 Å². The number of rotatable bonds is 4. The largest absolute Gasteiger partial charge is 0.384 e. The summed E-state index contributed by atoms with van der Waals surface area (Å²) in [5.74, 6) is 0.696. The molecule has 0 saturated carbocycles. The lowest BCUT2D eigenvalue weighted by Gasteiger charge is -2.33. The molecule has 1 heterocycles. The summed E-state index contributed by atoms with van der Waals surface area (Å²) in [6, 6.07) is 6.08. The zero-order valence-electron chi connectivity index (χ0n) is 11.2. The van der Waals surface area contributed by atoms with E-state index in [1.54, 1.807) is 7.11 Å². The first-order chi connectivity index (χ1) is 8.74. The number of piperidine rings is 1. The Morgan fingerprint density at radius 2 is 2.11 bits per heavy atom. The van der Waals surface area contributed by atoms with Crippen LogP contribution >= 0.6 is 0 Å². The highest BCUT2D eigenvalue weighted by Crippen LogP contribution is 2.24. The molecule has 0 aromatic heterocycles. The van der Waals surface area contributed by atoms with E-state index in [0.29, 0.717) is 5.92 Å². The second-order valence-corrected chi connectivity index (χ2v) is 5.04. The molecule has 1 aliphatic rings. The van der Waals surface area contributed by atoms with Gasteiger partial charge in [0.1, 0.15) is 6.29 Å². The number of aryl methyl sites for hydroxylation is 1. The van der Waals surface area contributed by atoms with Gasteiger partial charge in [-0.05, 0) is 49.4 Å². The molecule has 0 radical (unpaired) electrons. The van der Waals surface area contributed by atoms with Crippen LogP contribution < -0.4 is 4.90 Å². The zero-order valence-corrected chi connectivity index (χ0v) is 11.2. The van der Waals surface area contributed by atoms with Gasteiger partial charge in [-0.15, -0.1) is 0 Å². The van der Waals surface area contributed by atoms with Gasteiger partial charge in [-0.25, -0.2) is 0 Å². The summed E-state index contributed by atoms with van der Waals surface area (Å²) >= 11 is 0. The van der Waals surface area contributed by atoms with Gasteiger partial charge in [0.2, 0.25) is 0 Å². The Labute approximate surface area is 109 Å². The number of ether oxygens (including phenoxy) is 1. The Morgan fingerprint density at radius 1 is 1.39 bits per heavy atom. The summed E-state index contributed by atoms with van der Waals surface area (Å²) in [5.41, 5.74) is 3.07. The smallest absolute Gasteiger partial charge is 0.150 e. The van der Waals surface area contributed by atoms with Crippen molar-refractivity contribution in [3.05, 3.63) is 29.3 Å². The number of carbonyl (C=O) groups is 1. The lowest BCUT2D eigenvalue weighted by atomic mass is 9.97. The fourth-order valence-electron chi connectivity index (χ4n) is 2.58. The van der Waals surface area contributed by atoms with Gasteiger partial charge in [0.15, 0.2) is 0 Å². The third kappa shape index (κ3) is 2.91. The fourth-order valence-corrected chi connectivity index (χ4v) is 2.58. The molecule has 3 nitrogen and oxygen atoms in total. The first-order valence-electron chi connectivity index (χ1n) is 6.54. The van der Waals surface area contributed by atoms with Crippen molar-refractivity contribution in [3.63, 3.8) is 0 Å². The number of nitrogens with zero attached hydrogens (tertiary/aromatic N) is 1. The molecule has 0 bridgehead atoms. The summed E-state index contributed by atoms with van der Waals surface area (Å²) in [7, 11) is 1.77. The lowest BCUT2D eigenvalue weighted by Crippen LogP contribution is -2.35. The summed E-state index contributed by atoms with van der Waals surface area (Å²) in [4.78, 5) is 13.2. The van der Waals surface area contributed by atoms with E-state index in [1.807, 2.05) is 19.1 Å². The fraction of sp³-hybridized carbons (Fsp3) is 0.533. The molecule has 18 heavy (non-hydrogen) atoms. The average molecular weight is 247 g/mol. The summed E-state index contributed by atoms with van der Waals surface area (Å²) < 4.78 is 5.21. The summed E-state index contributed by atoms with van der Waals surface area (Å²) in [6.45, 7) is 5.02. The number of hydrogen-bond acceptors (Lipinski definition) is 3. The van der Waals surface area contributed by atoms with Crippen LogP contribution in [-0.2, 0) is 4.74 Å². The number of methoxy groups -OCH3 is 1. The van der Waals surface area contributed by atoms with E-state index in [2.05, 4.69) is 11.0 Å². The van der Waals surface area contributed by atoms with Gasteiger partial charge < -0.3 is 9.64 Å².